The van der Waals surface area contributed by atoms with Crippen molar-refractivity contribution in [2.45, 2.75) is 50.5 Å². The normalized spacial score (nSPS) is 31.1. The molecule has 3 aliphatic rings. The van der Waals surface area contributed by atoms with Crippen molar-refractivity contribution in [1.82, 2.24) is 4.90 Å². The van der Waals surface area contributed by atoms with Crippen LogP contribution >= 0.6 is 0 Å². The van der Waals surface area contributed by atoms with E-state index in [2.05, 4.69) is 17.0 Å². The molecule has 126 valence electrons. The zero-order valence-electron chi connectivity index (χ0n) is 13.9. The average molecular weight is 317 g/mol. The summed E-state index contributed by atoms with van der Waals surface area (Å²) in [6.07, 6.45) is 5.61. The predicted molar refractivity (Wildman–Crippen MR) is 88.6 cm³/mol. The monoisotopic (exact) mass is 317 g/mol. The third-order valence-electron chi connectivity index (χ3n) is 5.44. The lowest BCUT2D eigenvalue weighted by Crippen LogP contribution is -2.51. The van der Waals surface area contributed by atoms with Crippen LogP contribution in [0.2, 0.25) is 0 Å². The van der Waals surface area contributed by atoms with Crippen LogP contribution in [0.3, 0.4) is 0 Å². The Morgan fingerprint density at radius 1 is 1.13 bits per heavy atom. The van der Waals surface area contributed by atoms with E-state index < -0.39 is 0 Å². The summed E-state index contributed by atoms with van der Waals surface area (Å²) in [4.78, 5) is 2.58. The Labute approximate surface area is 138 Å². The topological polar surface area (TPSA) is 30.9 Å². The summed E-state index contributed by atoms with van der Waals surface area (Å²) >= 11 is 0. The van der Waals surface area contributed by atoms with Crippen LogP contribution in [-0.2, 0) is 16.0 Å². The average Bonchev–Trinajstić information content (AvgIpc) is 3.33. The lowest BCUT2D eigenvalue weighted by molar-refractivity contribution is -0.116. The first-order valence-electron chi connectivity index (χ1n) is 8.93. The largest absolute Gasteiger partial charge is 0.497 e. The molecule has 0 N–H and O–H groups in total. The van der Waals surface area contributed by atoms with E-state index in [0.717, 1.165) is 44.4 Å². The van der Waals surface area contributed by atoms with Gasteiger partial charge in [-0.1, -0.05) is 12.1 Å². The van der Waals surface area contributed by atoms with Crippen LogP contribution in [0.1, 0.15) is 31.2 Å². The van der Waals surface area contributed by atoms with E-state index in [0.29, 0.717) is 12.1 Å². The van der Waals surface area contributed by atoms with Gasteiger partial charge < -0.3 is 14.2 Å². The van der Waals surface area contributed by atoms with Crippen molar-refractivity contribution in [3.8, 4) is 5.75 Å². The molecule has 0 bridgehead atoms. The number of fused-ring (bicyclic) bond motifs is 1. The molecule has 1 aromatic rings. The Morgan fingerprint density at radius 2 is 1.96 bits per heavy atom. The highest BCUT2D eigenvalue weighted by Crippen LogP contribution is 2.35. The van der Waals surface area contributed by atoms with Crippen molar-refractivity contribution < 1.29 is 14.2 Å². The number of nitrogens with zero attached hydrogens (tertiary/aromatic N) is 1. The second-order valence-electron chi connectivity index (χ2n) is 7.11. The predicted octanol–water partition coefficient (Wildman–Crippen LogP) is 2.85. The third-order valence-corrected chi connectivity index (χ3v) is 5.44. The molecular weight excluding hydrogens is 290 g/mol. The van der Waals surface area contributed by atoms with Gasteiger partial charge in [-0.3, -0.25) is 4.90 Å². The quantitative estimate of drug-likeness (QED) is 0.807. The first kappa shape index (κ1) is 15.4. The molecular formula is C19H27NO3. The number of rotatable bonds is 6. The van der Waals surface area contributed by atoms with Crippen molar-refractivity contribution in [1.29, 1.82) is 0 Å². The minimum Gasteiger partial charge on any atom is -0.497 e. The third kappa shape index (κ3) is 3.54. The molecule has 1 heterocycles. The van der Waals surface area contributed by atoms with E-state index in [1.165, 1.54) is 24.8 Å². The second kappa shape index (κ2) is 6.80. The molecule has 3 fully saturated rings. The van der Waals surface area contributed by atoms with Crippen molar-refractivity contribution in [2.24, 2.45) is 5.92 Å². The summed E-state index contributed by atoms with van der Waals surface area (Å²) in [5.41, 5.74) is 1.34. The molecule has 4 nitrogen and oxygen atoms in total. The summed E-state index contributed by atoms with van der Waals surface area (Å²) in [5, 5.41) is 0. The van der Waals surface area contributed by atoms with Gasteiger partial charge in [-0.25, -0.2) is 0 Å². The lowest BCUT2D eigenvalue weighted by atomic mass is 10.1. The van der Waals surface area contributed by atoms with Crippen molar-refractivity contribution in [3.63, 3.8) is 0 Å². The number of benzene rings is 1. The molecule has 1 aliphatic heterocycles. The molecule has 1 saturated heterocycles. The van der Waals surface area contributed by atoms with Crippen molar-refractivity contribution >= 4 is 0 Å². The molecule has 0 amide bonds. The van der Waals surface area contributed by atoms with Gasteiger partial charge in [-0.2, -0.15) is 0 Å². The first-order valence-corrected chi connectivity index (χ1v) is 8.93. The first-order chi connectivity index (χ1) is 11.3. The molecule has 0 unspecified atom stereocenters. The van der Waals surface area contributed by atoms with Crippen LogP contribution in [0.25, 0.3) is 0 Å². The van der Waals surface area contributed by atoms with Gasteiger partial charge in [0.25, 0.3) is 0 Å². The van der Waals surface area contributed by atoms with Gasteiger partial charge in [0.2, 0.25) is 0 Å². The van der Waals surface area contributed by atoms with Gasteiger partial charge in [0.05, 0.1) is 25.9 Å². The highest BCUT2D eigenvalue weighted by Gasteiger charge is 2.43. The fourth-order valence-corrected chi connectivity index (χ4v) is 3.88. The summed E-state index contributed by atoms with van der Waals surface area (Å²) in [6.45, 7) is 3.77. The number of methoxy groups -OCH3 is 1. The Bertz CT molecular complexity index is 514. The van der Waals surface area contributed by atoms with Gasteiger partial charge in [0.15, 0.2) is 0 Å². The number of hydrogen-bond donors (Lipinski definition) is 0. The Morgan fingerprint density at radius 3 is 2.70 bits per heavy atom. The Hall–Kier alpha value is -1.10. The summed E-state index contributed by atoms with van der Waals surface area (Å²) in [6, 6.07) is 8.93. The Kier molecular flexibility index (Phi) is 4.56. The molecule has 0 spiro atoms. The van der Waals surface area contributed by atoms with Crippen molar-refractivity contribution in [2.75, 3.05) is 26.9 Å². The highest BCUT2D eigenvalue weighted by atomic mass is 16.5. The fourth-order valence-electron chi connectivity index (χ4n) is 3.88. The van der Waals surface area contributed by atoms with Crippen LogP contribution in [0.4, 0.5) is 0 Å². The maximum absolute atomic E-state index is 6.16. The van der Waals surface area contributed by atoms with E-state index >= 15 is 0 Å². The van der Waals surface area contributed by atoms with Crippen LogP contribution in [-0.4, -0.2) is 50.0 Å². The minimum absolute atomic E-state index is 0.265. The smallest absolute Gasteiger partial charge is 0.118 e. The standard InChI is InChI=1S/C19H27NO3/c1-21-16-6-4-14(5-7-16)12-20-10-11-22-19-17(20)8-9-18(19)23-13-15-2-3-15/h4-7,15,17-19H,2-3,8-13H2,1H3/t17-,18+,19+/m1/s1. The zero-order chi connectivity index (χ0) is 15.6. The molecule has 0 aromatic heterocycles. The highest BCUT2D eigenvalue weighted by molar-refractivity contribution is 5.27. The number of hydrogen-bond acceptors (Lipinski definition) is 4. The molecule has 4 heteroatoms. The summed E-state index contributed by atoms with van der Waals surface area (Å²) in [7, 11) is 1.71. The van der Waals surface area contributed by atoms with E-state index in [1.54, 1.807) is 7.11 Å². The van der Waals surface area contributed by atoms with Gasteiger partial charge in [0.1, 0.15) is 5.75 Å². The van der Waals surface area contributed by atoms with Crippen LogP contribution in [0.5, 0.6) is 5.75 Å². The fraction of sp³-hybridized carbons (Fsp3) is 0.684. The van der Waals surface area contributed by atoms with Crippen LogP contribution < -0.4 is 4.74 Å². The molecule has 0 radical (unpaired) electrons. The van der Waals surface area contributed by atoms with E-state index in [4.69, 9.17) is 14.2 Å². The molecule has 1 aromatic carbocycles. The van der Waals surface area contributed by atoms with Gasteiger partial charge in [-0.15, -0.1) is 0 Å². The zero-order valence-corrected chi connectivity index (χ0v) is 13.9. The van der Waals surface area contributed by atoms with E-state index in [-0.39, 0.29) is 6.10 Å². The molecule has 3 atom stereocenters. The van der Waals surface area contributed by atoms with E-state index in [1.807, 2.05) is 12.1 Å². The van der Waals surface area contributed by atoms with Gasteiger partial charge in [0, 0.05) is 25.7 Å². The number of morpholine rings is 1. The SMILES string of the molecule is COc1ccc(CN2CCO[C@@H]3[C@@H](OCC4CC4)CC[C@H]32)cc1. The summed E-state index contributed by atoms with van der Waals surface area (Å²) < 4.78 is 17.5. The lowest BCUT2D eigenvalue weighted by Gasteiger charge is -2.39. The maximum atomic E-state index is 6.16. The van der Waals surface area contributed by atoms with E-state index in [9.17, 15) is 0 Å². The maximum Gasteiger partial charge on any atom is 0.118 e. The molecule has 2 saturated carbocycles. The number of ether oxygens (including phenoxy) is 3. The van der Waals surface area contributed by atoms with Crippen molar-refractivity contribution in [3.05, 3.63) is 29.8 Å². The van der Waals surface area contributed by atoms with Gasteiger partial charge >= 0.3 is 0 Å². The molecule has 4 rings (SSSR count). The molecule has 2 aliphatic carbocycles. The Balaban J connectivity index is 1.37. The minimum atomic E-state index is 0.265. The van der Waals surface area contributed by atoms with Crippen LogP contribution in [0, 0.1) is 5.92 Å². The van der Waals surface area contributed by atoms with Gasteiger partial charge in [-0.05, 0) is 49.3 Å². The summed E-state index contributed by atoms with van der Waals surface area (Å²) in [5.74, 6) is 1.75. The second-order valence-corrected chi connectivity index (χ2v) is 7.11. The van der Waals surface area contributed by atoms with Crippen LogP contribution in [0.15, 0.2) is 24.3 Å². The molecule has 23 heavy (non-hydrogen) atoms.